The van der Waals surface area contributed by atoms with Crippen molar-refractivity contribution in [2.45, 2.75) is 75.5 Å². The van der Waals surface area contributed by atoms with Crippen LogP contribution in [0, 0.1) is 18.2 Å². The maximum absolute atomic E-state index is 13.7. The Morgan fingerprint density at radius 3 is 2.51 bits per heavy atom. The Labute approximate surface area is 204 Å². The second kappa shape index (κ2) is 11.2. The van der Waals surface area contributed by atoms with E-state index in [0.29, 0.717) is 30.6 Å². The molecule has 0 saturated heterocycles. The summed E-state index contributed by atoms with van der Waals surface area (Å²) in [4.78, 5) is 37.6. The Hall–Kier alpha value is -3.67. The molecule has 2 heterocycles. The van der Waals surface area contributed by atoms with E-state index in [2.05, 4.69) is 31.4 Å². The fourth-order valence-electron chi connectivity index (χ4n) is 4.62. The quantitative estimate of drug-likeness (QED) is 0.497. The van der Waals surface area contributed by atoms with Gasteiger partial charge in [0.25, 0.3) is 5.91 Å². The van der Waals surface area contributed by atoms with E-state index in [1.165, 1.54) is 42.9 Å². The van der Waals surface area contributed by atoms with E-state index < -0.39 is 23.4 Å². The molecule has 2 aliphatic rings. The Kier molecular flexibility index (Phi) is 7.80. The number of carbonyl (C=O) groups is 2. The minimum atomic E-state index is -0.973. The van der Waals surface area contributed by atoms with E-state index in [1.54, 1.807) is 4.90 Å². The summed E-state index contributed by atoms with van der Waals surface area (Å²) in [5.74, 6) is 1.63. The highest BCUT2D eigenvalue weighted by Gasteiger charge is 2.42. The van der Waals surface area contributed by atoms with E-state index in [-0.39, 0.29) is 18.4 Å². The van der Waals surface area contributed by atoms with Crippen LogP contribution in [0.25, 0.3) is 0 Å². The molecule has 2 amide bonds. The lowest BCUT2D eigenvalue weighted by Crippen LogP contribution is -2.48. The second-order valence-corrected chi connectivity index (χ2v) is 9.01. The van der Waals surface area contributed by atoms with E-state index >= 15 is 0 Å². The number of carbonyl (C=O) groups excluding carboxylic acids is 2. The molecule has 9 heteroatoms. The van der Waals surface area contributed by atoms with Gasteiger partial charge in [-0.1, -0.05) is 19.3 Å². The van der Waals surface area contributed by atoms with Gasteiger partial charge in [0, 0.05) is 49.8 Å². The molecule has 1 aromatic heterocycles. The topological polar surface area (TPSA) is 99.9 Å². The third-order valence-electron chi connectivity index (χ3n) is 6.55. The number of hydrogen-bond donors (Lipinski definition) is 1. The molecule has 1 atom stereocenters. The van der Waals surface area contributed by atoms with Crippen LogP contribution in [0.1, 0.15) is 69.5 Å². The summed E-state index contributed by atoms with van der Waals surface area (Å²) in [6.07, 6.45) is 16.4. The highest BCUT2D eigenvalue weighted by atomic mass is 19.1. The zero-order valence-corrected chi connectivity index (χ0v) is 19.6. The summed E-state index contributed by atoms with van der Waals surface area (Å²) < 4.78 is 13.4. The molecule has 4 rings (SSSR count). The zero-order chi connectivity index (χ0) is 24.7. The minimum Gasteiger partial charge on any atom is -0.324 e. The van der Waals surface area contributed by atoms with Crippen LogP contribution < -0.4 is 5.32 Å². The first-order valence-electron chi connectivity index (χ1n) is 12.0. The number of halogens is 1. The van der Waals surface area contributed by atoms with Crippen LogP contribution in [0.4, 0.5) is 10.1 Å². The van der Waals surface area contributed by atoms with Gasteiger partial charge in [-0.2, -0.15) is 10.2 Å². The number of hydrogen-bond acceptors (Lipinski definition) is 6. The molecule has 182 valence electrons. The fraction of sp³-hybridized carbons (Fsp3) is 0.462. The number of nitrogens with zero attached hydrogens (tertiary/aromatic N) is 5. The fourth-order valence-corrected chi connectivity index (χ4v) is 4.62. The first-order valence-corrected chi connectivity index (χ1v) is 12.0. The van der Waals surface area contributed by atoms with Gasteiger partial charge in [0.2, 0.25) is 5.91 Å². The molecule has 1 unspecified atom stereocenters. The molecule has 2 aromatic rings. The van der Waals surface area contributed by atoms with Crippen LogP contribution in [0.2, 0.25) is 0 Å². The number of rotatable bonds is 10. The van der Waals surface area contributed by atoms with Crippen LogP contribution in [0.15, 0.2) is 53.1 Å². The minimum absolute atomic E-state index is 0.100. The van der Waals surface area contributed by atoms with Crippen molar-refractivity contribution >= 4 is 17.5 Å². The van der Waals surface area contributed by atoms with Crippen molar-refractivity contribution in [3.8, 4) is 12.3 Å². The Bertz CT molecular complexity index is 1090. The number of terminal acetylenes is 1. The largest absolute Gasteiger partial charge is 0.324 e. The summed E-state index contributed by atoms with van der Waals surface area (Å²) in [5, 5.41) is 11.1. The molecular formula is C26H29FN6O2. The summed E-state index contributed by atoms with van der Waals surface area (Å²) in [6.45, 7) is 0. The van der Waals surface area contributed by atoms with Gasteiger partial charge in [-0.3, -0.25) is 19.6 Å². The molecule has 1 aliphatic carbocycles. The highest BCUT2D eigenvalue weighted by molar-refractivity contribution is 5.97. The summed E-state index contributed by atoms with van der Waals surface area (Å²) in [7, 11) is 0. The van der Waals surface area contributed by atoms with Crippen molar-refractivity contribution in [3.05, 3.63) is 54.4 Å². The van der Waals surface area contributed by atoms with E-state index in [4.69, 9.17) is 6.42 Å². The van der Waals surface area contributed by atoms with Crippen molar-refractivity contribution in [1.82, 2.24) is 14.9 Å². The van der Waals surface area contributed by atoms with Gasteiger partial charge >= 0.3 is 0 Å². The molecule has 1 N–H and O–H groups in total. The molecule has 1 aromatic carbocycles. The predicted octanol–water partition coefficient (Wildman–Crippen LogP) is 4.81. The molecule has 35 heavy (non-hydrogen) atoms. The van der Waals surface area contributed by atoms with Crippen molar-refractivity contribution in [1.29, 1.82) is 0 Å². The molecule has 0 bridgehead atoms. The number of nitrogens with one attached hydrogen (secondary N) is 1. The van der Waals surface area contributed by atoms with Crippen LogP contribution >= 0.6 is 0 Å². The van der Waals surface area contributed by atoms with Crippen LogP contribution in [0.3, 0.4) is 0 Å². The van der Waals surface area contributed by atoms with Gasteiger partial charge < -0.3 is 10.2 Å². The monoisotopic (exact) mass is 476 g/mol. The van der Waals surface area contributed by atoms with Crippen molar-refractivity contribution in [2.75, 3.05) is 5.32 Å². The lowest BCUT2D eigenvalue weighted by molar-refractivity contribution is -0.143. The van der Waals surface area contributed by atoms with Crippen molar-refractivity contribution in [3.63, 3.8) is 0 Å². The number of aromatic nitrogens is 2. The number of benzene rings is 1. The Morgan fingerprint density at radius 2 is 1.89 bits per heavy atom. The van der Waals surface area contributed by atoms with Crippen LogP contribution in [-0.2, 0) is 9.59 Å². The molecule has 8 nitrogen and oxygen atoms in total. The standard InChI is InChI=1S/C26H29FN6O2/c1-2-3-14-26(31-32-26)15-13-23(34)33(21-7-5-4-6-8-21)24(22-18-28-16-17-29-22)25(35)30-20-11-9-19(27)10-12-20/h1,9-12,16-18,21,24H,3-8,13-15H2,(H,30,35). The second-order valence-electron chi connectivity index (χ2n) is 9.01. The van der Waals surface area contributed by atoms with Gasteiger partial charge in [-0.15, -0.1) is 12.3 Å². The summed E-state index contributed by atoms with van der Waals surface area (Å²) >= 11 is 0. The van der Waals surface area contributed by atoms with Gasteiger partial charge in [-0.05, 0) is 37.1 Å². The number of anilines is 1. The lowest BCUT2D eigenvalue weighted by Gasteiger charge is -2.39. The predicted molar refractivity (Wildman–Crippen MR) is 128 cm³/mol. The Balaban J connectivity index is 1.60. The summed E-state index contributed by atoms with van der Waals surface area (Å²) in [5.41, 5.74) is 0.234. The molecular weight excluding hydrogens is 447 g/mol. The maximum Gasteiger partial charge on any atom is 0.253 e. The van der Waals surface area contributed by atoms with Crippen LogP contribution in [-0.4, -0.2) is 38.4 Å². The van der Waals surface area contributed by atoms with Gasteiger partial charge in [0.1, 0.15) is 5.82 Å². The Morgan fingerprint density at radius 1 is 1.14 bits per heavy atom. The lowest BCUT2D eigenvalue weighted by atomic mass is 9.91. The van der Waals surface area contributed by atoms with E-state index in [0.717, 1.165) is 32.1 Å². The third-order valence-corrected chi connectivity index (χ3v) is 6.55. The third kappa shape index (κ3) is 6.27. The van der Waals surface area contributed by atoms with E-state index in [9.17, 15) is 14.0 Å². The molecule has 1 saturated carbocycles. The van der Waals surface area contributed by atoms with Crippen molar-refractivity contribution in [2.24, 2.45) is 10.2 Å². The average Bonchev–Trinajstić information content (AvgIpc) is 3.67. The average molecular weight is 477 g/mol. The molecule has 0 spiro atoms. The first-order chi connectivity index (χ1) is 17.0. The number of amides is 2. The van der Waals surface area contributed by atoms with Crippen LogP contribution in [0.5, 0.6) is 0 Å². The molecule has 1 aliphatic heterocycles. The molecule has 0 radical (unpaired) electrons. The summed E-state index contributed by atoms with van der Waals surface area (Å²) in [6, 6.07) is 4.44. The van der Waals surface area contributed by atoms with Gasteiger partial charge in [0.05, 0.1) is 11.9 Å². The SMILES string of the molecule is C#CCCC1(CCC(=O)N(C2CCCCC2)C(C(=O)Nc2ccc(F)cc2)c2cnccn2)N=N1. The zero-order valence-electron chi connectivity index (χ0n) is 19.6. The van der Waals surface area contributed by atoms with E-state index in [1.807, 2.05) is 0 Å². The first kappa shape index (κ1) is 24.5. The van der Waals surface area contributed by atoms with Gasteiger partial charge in [-0.25, -0.2) is 4.39 Å². The normalized spacial score (nSPS) is 17.3. The van der Waals surface area contributed by atoms with Crippen molar-refractivity contribution < 1.29 is 14.0 Å². The highest BCUT2D eigenvalue weighted by Crippen LogP contribution is 2.39. The smallest absolute Gasteiger partial charge is 0.253 e. The molecule has 1 fully saturated rings. The maximum atomic E-state index is 13.7. The van der Waals surface area contributed by atoms with Gasteiger partial charge in [0.15, 0.2) is 11.7 Å².